The van der Waals surface area contributed by atoms with E-state index in [0.717, 1.165) is 0 Å². The van der Waals surface area contributed by atoms with Crippen LogP contribution in [-0.4, -0.2) is 49.3 Å². The van der Waals surface area contributed by atoms with E-state index in [9.17, 15) is 24.5 Å². The van der Waals surface area contributed by atoms with Gasteiger partial charge in [0.2, 0.25) is 0 Å². The van der Waals surface area contributed by atoms with Crippen LogP contribution in [0.3, 0.4) is 0 Å². The van der Waals surface area contributed by atoms with Crippen molar-refractivity contribution in [3.63, 3.8) is 0 Å². The Morgan fingerprint density at radius 3 is 1.94 bits per heavy atom. The van der Waals surface area contributed by atoms with Crippen molar-refractivity contribution in [3.05, 3.63) is 56.4 Å². The quantitative estimate of drug-likeness (QED) is 0.232. The number of nitrogens with one attached hydrogen (secondary N) is 1. The van der Waals surface area contributed by atoms with Crippen LogP contribution in [0, 0.1) is 10.1 Å². The molecule has 1 aliphatic heterocycles. The number of carbonyl (C=O) groups is 3. The lowest BCUT2D eigenvalue weighted by Gasteiger charge is -2.31. The molecule has 0 aromatic heterocycles. The first-order valence-corrected chi connectivity index (χ1v) is 10.8. The van der Waals surface area contributed by atoms with Crippen molar-refractivity contribution in [1.29, 1.82) is 0 Å². The van der Waals surface area contributed by atoms with Crippen molar-refractivity contribution < 1.29 is 38.3 Å². The Hall–Kier alpha value is -3.89. The van der Waals surface area contributed by atoms with Gasteiger partial charge >= 0.3 is 17.9 Å². The van der Waals surface area contributed by atoms with E-state index < -0.39 is 35.4 Å². The minimum Gasteiger partial charge on any atom is -0.482 e. The topological polar surface area (TPSA) is 143 Å². The van der Waals surface area contributed by atoms with Gasteiger partial charge in [0.15, 0.2) is 6.61 Å². The molecule has 1 N–H and O–H groups in total. The predicted octanol–water partition coefficient (Wildman–Crippen LogP) is 2.90. The number of nitrogens with zero attached hydrogens (tertiary/aromatic N) is 1. The molecular formula is C23H28N2O9. The minimum absolute atomic E-state index is 0.0646. The van der Waals surface area contributed by atoms with Crippen LogP contribution in [0.2, 0.25) is 0 Å². The van der Waals surface area contributed by atoms with Gasteiger partial charge in [-0.3, -0.25) is 10.1 Å². The largest absolute Gasteiger partial charge is 0.482 e. The van der Waals surface area contributed by atoms with E-state index in [0.29, 0.717) is 11.4 Å². The average molecular weight is 476 g/mol. The minimum atomic E-state index is -1.11. The van der Waals surface area contributed by atoms with Gasteiger partial charge < -0.3 is 24.3 Å². The molecule has 184 valence electrons. The lowest BCUT2D eigenvalue weighted by molar-refractivity contribution is -0.384. The van der Waals surface area contributed by atoms with Crippen molar-refractivity contribution in [3.8, 4) is 5.75 Å². The molecule has 34 heavy (non-hydrogen) atoms. The van der Waals surface area contributed by atoms with E-state index in [2.05, 4.69) is 5.32 Å². The highest BCUT2D eigenvalue weighted by atomic mass is 16.6. The van der Waals surface area contributed by atoms with Crippen molar-refractivity contribution in [2.24, 2.45) is 0 Å². The first kappa shape index (κ1) is 26.4. The van der Waals surface area contributed by atoms with Gasteiger partial charge in [-0.1, -0.05) is 0 Å². The van der Waals surface area contributed by atoms with Gasteiger partial charge in [-0.25, -0.2) is 14.4 Å². The average Bonchev–Trinajstić information content (AvgIpc) is 2.77. The van der Waals surface area contributed by atoms with E-state index in [1.54, 1.807) is 34.6 Å². The number of nitro benzene ring substituents is 1. The van der Waals surface area contributed by atoms with Gasteiger partial charge in [0.05, 0.1) is 41.8 Å². The molecule has 0 unspecified atom stereocenters. The van der Waals surface area contributed by atoms with E-state index in [-0.39, 0.29) is 48.0 Å². The lowest BCUT2D eigenvalue weighted by Crippen LogP contribution is -2.33. The van der Waals surface area contributed by atoms with Crippen molar-refractivity contribution >= 4 is 23.6 Å². The fraction of sp³-hybridized carbons (Fsp3) is 0.435. The first-order valence-electron chi connectivity index (χ1n) is 10.8. The summed E-state index contributed by atoms with van der Waals surface area (Å²) in [5, 5.41) is 14.5. The molecular weight excluding hydrogens is 448 g/mol. The Morgan fingerprint density at radius 1 is 0.941 bits per heavy atom. The van der Waals surface area contributed by atoms with Crippen LogP contribution in [0.15, 0.2) is 40.7 Å². The number of ether oxygens (including phenoxy) is 4. The summed E-state index contributed by atoms with van der Waals surface area (Å²) in [4.78, 5) is 48.7. The Bertz CT molecular complexity index is 1000. The Morgan fingerprint density at radius 2 is 1.47 bits per heavy atom. The molecule has 1 aliphatic rings. The van der Waals surface area contributed by atoms with Gasteiger partial charge in [0.1, 0.15) is 5.75 Å². The third-order valence-electron chi connectivity index (χ3n) is 4.92. The molecule has 1 heterocycles. The smallest absolute Gasteiger partial charge is 0.344 e. The fourth-order valence-corrected chi connectivity index (χ4v) is 3.61. The summed E-state index contributed by atoms with van der Waals surface area (Å²) in [5.74, 6) is -3.12. The number of non-ortho nitro benzene ring substituents is 1. The summed E-state index contributed by atoms with van der Waals surface area (Å²) >= 11 is 0. The summed E-state index contributed by atoms with van der Waals surface area (Å²) in [5.41, 5.74) is 0.770. The monoisotopic (exact) mass is 476 g/mol. The Kier molecular flexibility index (Phi) is 9.17. The number of hydrogen-bond donors (Lipinski definition) is 1. The molecule has 0 atom stereocenters. The van der Waals surface area contributed by atoms with Crippen LogP contribution in [0.25, 0.3) is 0 Å². The molecule has 0 fully saturated rings. The highest BCUT2D eigenvalue weighted by molar-refractivity contribution is 6.00. The van der Waals surface area contributed by atoms with E-state index in [1.807, 2.05) is 0 Å². The lowest BCUT2D eigenvalue weighted by atomic mass is 9.79. The molecule has 11 heteroatoms. The molecule has 0 saturated heterocycles. The number of rotatable bonds is 10. The molecule has 0 bridgehead atoms. The van der Waals surface area contributed by atoms with Crippen LogP contribution < -0.4 is 10.1 Å². The molecule has 11 nitrogen and oxygen atoms in total. The van der Waals surface area contributed by atoms with Crippen molar-refractivity contribution in [1.82, 2.24) is 5.32 Å². The van der Waals surface area contributed by atoms with Crippen LogP contribution in [0.4, 0.5) is 5.69 Å². The third-order valence-corrected chi connectivity index (χ3v) is 4.92. The summed E-state index contributed by atoms with van der Waals surface area (Å²) in [6.07, 6.45) is 0. The van der Waals surface area contributed by atoms with Crippen LogP contribution in [0.1, 0.15) is 46.1 Å². The zero-order valence-electron chi connectivity index (χ0n) is 19.8. The molecule has 0 aliphatic carbocycles. The number of benzene rings is 1. The molecule has 1 aromatic carbocycles. The summed E-state index contributed by atoms with van der Waals surface area (Å²) in [6, 6.07) is 3.71. The van der Waals surface area contributed by atoms with Gasteiger partial charge in [-0.15, -0.1) is 0 Å². The zero-order chi connectivity index (χ0) is 25.4. The first-order chi connectivity index (χ1) is 16.2. The molecule has 0 spiro atoms. The molecule has 1 aromatic rings. The van der Waals surface area contributed by atoms with Crippen molar-refractivity contribution in [2.75, 3.05) is 26.4 Å². The fourth-order valence-electron chi connectivity index (χ4n) is 3.61. The maximum absolute atomic E-state index is 13.0. The number of dihydropyridines is 1. The van der Waals surface area contributed by atoms with E-state index in [4.69, 9.17) is 18.9 Å². The standard InChI is InChI=1S/C23H28N2O9/c1-6-31-18(26)12-34-17-10-9-15(25(29)30)11-16(17)21-19(22(27)32-7-2)13(4)24-14(5)20(21)23(28)33-8-3/h9-11,21,24H,6-8,12H2,1-5H3. The van der Waals surface area contributed by atoms with Gasteiger partial charge in [0.25, 0.3) is 5.69 Å². The highest BCUT2D eigenvalue weighted by Crippen LogP contribution is 2.44. The number of esters is 3. The van der Waals surface area contributed by atoms with Crippen LogP contribution >= 0.6 is 0 Å². The maximum Gasteiger partial charge on any atom is 0.344 e. The summed E-state index contributed by atoms with van der Waals surface area (Å²) in [7, 11) is 0. The summed E-state index contributed by atoms with van der Waals surface area (Å²) in [6.45, 7) is 7.97. The maximum atomic E-state index is 13.0. The SMILES string of the molecule is CCOC(=O)COc1ccc([N+](=O)[O-])cc1C1C(C(=O)OCC)=C(C)NC(C)=C1C(=O)OCC. The second-order valence-corrected chi connectivity index (χ2v) is 7.15. The number of carbonyl (C=O) groups excluding carboxylic acids is 3. The second-order valence-electron chi connectivity index (χ2n) is 7.15. The molecule has 0 amide bonds. The summed E-state index contributed by atoms with van der Waals surface area (Å²) < 4.78 is 20.9. The molecule has 2 rings (SSSR count). The van der Waals surface area contributed by atoms with E-state index >= 15 is 0 Å². The van der Waals surface area contributed by atoms with Crippen LogP contribution in [-0.2, 0) is 28.6 Å². The predicted molar refractivity (Wildman–Crippen MR) is 120 cm³/mol. The van der Waals surface area contributed by atoms with E-state index in [1.165, 1.54) is 18.2 Å². The molecule has 0 saturated carbocycles. The Balaban J connectivity index is 2.76. The van der Waals surface area contributed by atoms with Gasteiger partial charge in [-0.05, 0) is 40.7 Å². The number of nitro groups is 1. The Labute approximate surface area is 196 Å². The van der Waals surface area contributed by atoms with Gasteiger partial charge in [0, 0.05) is 29.1 Å². The normalized spacial score (nSPS) is 13.8. The van der Waals surface area contributed by atoms with Crippen LogP contribution in [0.5, 0.6) is 5.75 Å². The molecule has 0 radical (unpaired) electrons. The number of allylic oxidation sites excluding steroid dienone is 2. The van der Waals surface area contributed by atoms with Gasteiger partial charge in [-0.2, -0.15) is 0 Å². The third kappa shape index (κ3) is 5.91. The number of hydrogen-bond acceptors (Lipinski definition) is 10. The van der Waals surface area contributed by atoms with Crippen molar-refractivity contribution in [2.45, 2.75) is 40.5 Å². The highest BCUT2D eigenvalue weighted by Gasteiger charge is 2.40. The second kappa shape index (κ2) is 11.8. The zero-order valence-corrected chi connectivity index (χ0v) is 19.8.